The van der Waals surface area contributed by atoms with Gasteiger partial charge in [-0.1, -0.05) is 12.1 Å². The SMILES string of the molecule is CN(CC(=O)O)CC1CN(C(=O)CCOc2ccccc2F)CCO1. The van der Waals surface area contributed by atoms with Gasteiger partial charge in [0.25, 0.3) is 0 Å². The van der Waals surface area contributed by atoms with Gasteiger partial charge in [0.15, 0.2) is 11.6 Å². The van der Waals surface area contributed by atoms with Gasteiger partial charge in [0.1, 0.15) is 0 Å². The molecule has 138 valence electrons. The first-order valence-corrected chi connectivity index (χ1v) is 8.12. The smallest absolute Gasteiger partial charge is 0.317 e. The molecular weight excluding hydrogens is 331 g/mol. The topological polar surface area (TPSA) is 79.3 Å². The number of hydrogen-bond donors (Lipinski definition) is 1. The first-order valence-electron chi connectivity index (χ1n) is 8.12. The third-order valence-corrected chi connectivity index (χ3v) is 3.82. The fourth-order valence-electron chi connectivity index (χ4n) is 2.67. The van der Waals surface area contributed by atoms with Crippen molar-refractivity contribution in [2.75, 3.05) is 46.4 Å². The molecule has 1 aliphatic heterocycles. The quantitative estimate of drug-likeness (QED) is 0.745. The first kappa shape index (κ1) is 19.1. The molecule has 0 bridgehead atoms. The Labute approximate surface area is 145 Å². The summed E-state index contributed by atoms with van der Waals surface area (Å²) in [5.74, 6) is -1.32. The highest BCUT2D eigenvalue weighted by molar-refractivity contribution is 5.76. The molecule has 1 aromatic rings. The number of para-hydroxylation sites is 1. The van der Waals surface area contributed by atoms with Gasteiger partial charge >= 0.3 is 5.97 Å². The van der Waals surface area contributed by atoms with Crippen molar-refractivity contribution in [3.05, 3.63) is 30.1 Å². The Balaban J connectivity index is 1.75. The lowest BCUT2D eigenvalue weighted by Crippen LogP contribution is -2.49. The predicted molar refractivity (Wildman–Crippen MR) is 88.0 cm³/mol. The number of amides is 1. The van der Waals surface area contributed by atoms with Crippen LogP contribution in [0.1, 0.15) is 6.42 Å². The summed E-state index contributed by atoms with van der Waals surface area (Å²) in [5.41, 5.74) is 0. The van der Waals surface area contributed by atoms with Gasteiger partial charge in [-0.25, -0.2) is 4.39 Å². The normalized spacial score (nSPS) is 17.6. The van der Waals surface area contributed by atoms with Crippen molar-refractivity contribution < 1.29 is 28.6 Å². The van der Waals surface area contributed by atoms with E-state index in [0.29, 0.717) is 26.2 Å². The van der Waals surface area contributed by atoms with E-state index in [2.05, 4.69) is 0 Å². The predicted octanol–water partition coefficient (Wildman–Crippen LogP) is 0.838. The summed E-state index contributed by atoms with van der Waals surface area (Å²) < 4.78 is 24.3. The number of carboxylic acid groups (broad SMARTS) is 1. The van der Waals surface area contributed by atoms with Crippen LogP contribution < -0.4 is 4.74 Å². The van der Waals surface area contributed by atoms with E-state index in [9.17, 15) is 14.0 Å². The number of morpholine rings is 1. The molecule has 7 nitrogen and oxygen atoms in total. The second kappa shape index (κ2) is 9.33. The highest BCUT2D eigenvalue weighted by atomic mass is 19.1. The van der Waals surface area contributed by atoms with Crippen molar-refractivity contribution in [3.63, 3.8) is 0 Å². The van der Waals surface area contributed by atoms with Gasteiger partial charge in [0.05, 0.1) is 32.3 Å². The van der Waals surface area contributed by atoms with E-state index in [0.717, 1.165) is 0 Å². The Bertz CT molecular complexity index is 598. The third kappa shape index (κ3) is 6.32. The van der Waals surface area contributed by atoms with Crippen LogP contribution in [0.3, 0.4) is 0 Å². The van der Waals surface area contributed by atoms with E-state index in [1.165, 1.54) is 12.1 Å². The number of benzene rings is 1. The molecule has 8 heteroatoms. The largest absolute Gasteiger partial charge is 0.490 e. The second-order valence-corrected chi connectivity index (χ2v) is 5.95. The number of likely N-dealkylation sites (N-methyl/N-ethyl adjacent to an activating group) is 1. The van der Waals surface area contributed by atoms with Crippen LogP contribution >= 0.6 is 0 Å². The molecule has 0 saturated carbocycles. The maximum absolute atomic E-state index is 13.4. The lowest BCUT2D eigenvalue weighted by Gasteiger charge is -2.34. The summed E-state index contributed by atoms with van der Waals surface area (Å²) in [6.45, 7) is 1.75. The fraction of sp³-hybridized carbons (Fsp3) is 0.529. The Morgan fingerprint density at radius 3 is 2.92 bits per heavy atom. The van der Waals surface area contributed by atoms with Gasteiger partial charge in [-0.2, -0.15) is 0 Å². The molecule has 1 saturated heterocycles. The Morgan fingerprint density at radius 1 is 1.44 bits per heavy atom. The number of nitrogens with zero attached hydrogens (tertiary/aromatic N) is 2. The minimum absolute atomic E-state index is 0.0791. The standard InChI is InChI=1S/C17H23FN2O5/c1-19(12-17(22)23)10-13-11-20(7-9-24-13)16(21)6-8-25-15-5-3-2-4-14(15)18/h2-5,13H,6-12H2,1H3,(H,22,23). The molecule has 1 aliphatic rings. The molecule has 1 atom stereocenters. The van der Waals surface area contributed by atoms with Crippen LogP contribution in [0.4, 0.5) is 4.39 Å². The number of aliphatic carboxylic acids is 1. The zero-order valence-corrected chi connectivity index (χ0v) is 14.2. The maximum Gasteiger partial charge on any atom is 0.317 e. The number of halogens is 1. The van der Waals surface area contributed by atoms with E-state index in [4.69, 9.17) is 14.6 Å². The zero-order chi connectivity index (χ0) is 18.2. The van der Waals surface area contributed by atoms with Gasteiger partial charge in [0.2, 0.25) is 5.91 Å². The molecule has 0 aromatic heterocycles. The van der Waals surface area contributed by atoms with Crippen LogP contribution in [-0.2, 0) is 14.3 Å². The van der Waals surface area contributed by atoms with E-state index in [1.807, 2.05) is 0 Å². The molecular formula is C17H23FN2O5. The number of carbonyl (C=O) groups is 2. The Morgan fingerprint density at radius 2 is 2.20 bits per heavy atom. The van der Waals surface area contributed by atoms with Crippen molar-refractivity contribution in [2.24, 2.45) is 0 Å². The van der Waals surface area contributed by atoms with E-state index in [1.54, 1.807) is 29.0 Å². The summed E-state index contributed by atoms with van der Waals surface area (Å²) in [5, 5.41) is 8.78. The molecule has 1 heterocycles. The number of carboxylic acids is 1. The molecule has 1 fully saturated rings. The molecule has 1 N–H and O–H groups in total. The van der Waals surface area contributed by atoms with Gasteiger partial charge in [-0.3, -0.25) is 14.5 Å². The Hall–Kier alpha value is -2.19. The first-order chi connectivity index (χ1) is 12.0. The van der Waals surface area contributed by atoms with Crippen LogP contribution in [0, 0.1) is 5.82 Å². The van der Waals surface area contributed by atoms with E-state index < -0.39 is 11.8 Å². The van der Waals surface area contributed by atoms with Gasteiger partial charge < -0.3 is 19.5 Å². The third-order valence-electron chi connectivity index (χ3n) is 3.82. The minimum Gasteiger partial charge on any atom is -0.490 e. The van der Waals surface area contributed by atoms with Crippen LogP contribution in [-0.4, -0.2) is 79.3 Å². The van der Waals surface area contributed by atoms with Crippen LogP contribution in [0.15, 0.2) is 24.3 Å². The number of hydrogen-bond acceptors (Lipinski definition) is 5. The van der Waals surface area contributed by atoms with Crippen LogP contribution in [0.25, 0.3) is 0 Å². The zero-order valence-electron chi connectivity index (χ0n) is 14.2. The maximum atomic E-state index is 13.4. The van der Waals surface area contributed by atoms with Crippen LogP contribution in [0.2, 0.25) is 0 Å². The molecule has 1 aromatic carbocycles. The molecule has 0 spiro atoms. The van der Waals surface area contributed by atoms with Crippen molar-refractivity contribution in [3.8, 4) is 5.75 Å². The van der Waals surface area contributed by atoms with Gasteiger partial charge in [-0.15, -0.1) is 0 Å². The number of rotatable bonds is 8. The van der Waals surface area contributed by atoms with Crippen molar-refractivity contribution in [1.29, 1.82) is 0 Å². The Kier molecular flexibility index (Phi) is 7.15. The summed E-state index contributed by atoms with van der Waals surface area (Å²) in [4.78, 5) is 26.3. The highest BCUT2D eigenvalue weighted by Crippen LogP contribution is 2.16. The molecule has 0 radical (unpaired) electrons. The summed E-state index contributed by atoms with van der Waals surface area (Å²) in [6.07, 6.45) is -0.0824. The van der Waals surface area contributed by atoms with E-state index in [-0.39, 0.29) is 37.3 Å². The monoisotopic (exact) mass is 354 g/mol. The van der Waals surface area contributed by atoms with Crippen molar-refractivity contribution >= 4 is 11.9 Å². The lowest BCUT2D eigenvalue weighted by molar-refractivity contribution is -0.142. The summed E-state index contributed by atoms with van der Waals surface area (Å²) in [7, 11) is 1.69. The highest BCUT2D eigenvalue weighted by Gasteiger charge is 2.25. The number of ether oxygens (including phenoxy) is 2. The number of carbonyl (C=O) groups excluding carboxylic acids is 1. The molecule has 0 aliphatic carbocycles. The van der Waals surface area contributed by atoms with Gasteiger partial charge in [-0.05, 0) is 19.2 Å². The van der Waals surface area contributed by atoms with E-state index >= 15 is 0 Å². The van der Waals surface area contributed by atoms with Gasteiger partial charge in [0, 0.05) is 19.6 Å². The molecule has 1 amide bonds. The molecule has 25 heavy (non-hydrogen) atoms. The average Bonchev–Trinajstić information content (AvgIpc) is 2.56. The van der Waals surface area contributed by atoms with Crippen molar-refractivity contribution in [1.82, 2.24) is 9.80 Å². The minimum atomic E-state index is -0.906. The second-order valence-electron chi connectivity index (χ2n) is 5.95. The average molecular weight is 354 g/mol. The van der Waals surface area contributed by atoms with Crippen LogP contribution in [0.5, 0.6) is 5.75 Å². The lowest BCUT2D eigenvalue weighted by atomic mass is 10.2. The molecule has 2 rings (SSSR count). The molecule has 1 unspecified atom stereocenters. The fourth-order valence-corrected chi connectivity index (χ4v) is 2.67. The van der Waals surface area contributed by atoms with Crippen molar-refractivity contribution in [2.45, 2.75) is 12.5 Å². The summed E-state index contributed by atoms with van der Waals surface area (Å²) in [6, 6.07) is 6.06. The summed E-state index contributed by atoms with van der Waals surface area (Å²) >= 11 is 0.